The molecule has 4 rings (SSSR count). The van der Waals surface area contributed by atoms with Crippen molar-refractivity contribution in [3.05, 3.63) is 77.0 Å². The molecule has 0 spiro atoms. The van der Waals surface area contributed by atoms with Crippen molar-refractivity contribution in [2.75, 3.05) is 6.61 Å². The van der Waals surface area contributed by atoms with Crippen molar-refractivity contribution in [3.8, 4) is 5.75 Å². The van der Waals surface area contributed by atoms with Gasteiger partial charge in [-0.25, -0.2) is 9.79 Å². The molecule has 6 nitrogen and oxygen atoms in total. The number of carbonyl (C=O) groups excluding carboxylic acids is 2. The number of amidine groups is 1. The minimum atomic E-state index is -0.587. The van der Waals surface area contributed by atoms with Gasteiger partial charge in [0.2, 0.25) is 5.91 Å². The zero-order valence-electron chi connectivity index (χ0n) is 17.7. The van der Waals surface area contributed by atoms with Crippen LogP contribution in [0.15, 0.2) is 70.9 Å². The second-order valence-corrected chi connectivity index (χ2v) is 8.64. The zero-order chi connectivity index (χ0) is 22.0. The van der Waals surface area contributed by atoms with Gasteiger partial charge in [0.05, 0.1) is 29.2 Å². The van der Waals surface area contributed by atoms with E-state index in [4.69, 9.17) is 9.47 Å². The fourth-order valence-electron chi connectivity index (χ4n) is 3.69. The number of hydrogen-bond acceptors (Lipinski definition) is 6. The predicted molar refractivity (Wildman–Crippen MR) is 121 cm³/mol. The van der Waals surface area contributed by atoms with E-state index in [0.717, 1.165) is 16.9 Å². The SMILES string of the molecule is CCOc1ccc([C@H]2C(C(=O)OCc3ccccc3)=C(C)N=C3S[C@@H](C)C(=O)N32)cc1. The van der Waals surface area contributed by atoms with Crippen LogP contribution in [-0.4, -0.2) is 33.8 Å². The molecular formula is C24H24N2O4S. The topological polar surface area (TPSA) is 68.2 Å². The van der Waals surface area contributed by atoms with Crippen LogP contribution in [0.5, 0.6) is 5.75 Å². The molecule has 2 aliphatic rings. The standard InChI is InChI=1S/C24H24N2O4S/c1-4-29-19-12-10-18(11-13-19)21-20(23(28)30-14-17-8-6-5-7-9-17)15(2)25-24-26(21)22(27)16(3)31-24/h5-13,16,21H,4,14H2,1-3H3/t16-,21-/m0/s1. The van der Waals surface area contributed by atoms with E-state index in [1.54, 1.807) is 11.8 Å². The van der Waals surface area contributed by atoms with Gasteiger partial charge in [0.1, 0.15) is 12.4 Å². The summed E-state index contributed by atoms with van der Waals surface area (Å²) in [6, 6.07) is 16.4. The molecular weight excluding hydrogens is 412 g/mol. The number of fused-ring (bicyclic) bond motifs is 1. The Morgan fingerprint density at radius 1 is 1.13 bits per heavy atom. The zero-order valence-corrected chi connectivity index (χ0v) is 18.5. The molecule has 0 radical (unpaired) electrons. The van der Waals surface area contributed by atoms with Crippen LogP contribution in [0, 0.1) is 0 Å². The highest BCUT2D eigenvalue weighted by Crippen LogP contribution is 2.43. The first kappa shape index (κ1) is 21.2. The minimum absolute atomic E-state index is 0.0662. The predicted octanol–water partition coefficient (Wildman–Crippen LogP) is 4.48. The molecule has 1 saturated heterocycles. The largest absolute Gasteiger partial charge is 0.494 e. The van der Waals surface area contributed by atoms with Crippen molar-refractivity contribution in [1.29, 1.82) is 0 Å². The molecule has 0 bridgehead atoms. The van der Waals surface area contributed by atoms with Crippen molar-refractivity contribution in [2.45, 2.75) is 38.7 Å². The maximum atomic E-state index is 13.2. The minimum Gasteiger partial charge on any atom is -0.494 e. The molecule has 0 aromatic heterocycles. The number of amides is 1. The number of ether oxygens (including phenoxy) is 2. The Kier molecular flexibility index (Phi) is 6.13. The summed E-state index contributed by atoms with van der Waals surface area (Å²) in [5.74, 6) is 0.198. The van der Waals surface area contributed by atoms with E-state index in [9.17, 15) is 9.59 Å². The van der Waals surface area contributed by atoms with E-state index in [0.29, 0.717) is 23.0 Å². The summed E-state index contributed by atoms with van der Waals surface area (Å²) >= 11 is 1.41. The number of carbonyl (C=O) groups is 2. The third kappa shape index (κ3) is 4.23. The first-order chi connectivity index (χ1) is 15.0. The summed E-state index contributed by atoms with van der Waals surface area (Å²) in [4.78, 5) is 32.4. The molecule has 0 unspecified atom stereocenters. The van der Waals surface area contributed by atoms with Gasteiger partial charge in [0.15, 0.2) is 5.17 Å². The summed E-state index contributed by atoms with van der Waals surface area (Å²) in [5.41, 5.74) is 2.66. The van der Waals surface area contributed by atoms with Crippen molar-refractivity contribution in [2.24, 2.45) is 4.99 Å². The maximum absolute atomic E-state index is 13.2. The lowest BCUT2D eigenvalue weighted by atomic mass is 9.94. The highest BCUT2D eigenvalue weighted by molar-refractivity contribution is 8.15. The Balaban J connectivity index is 1.69. The molecule has 1 amide bonds. The molecule has 2 atom stereocenters. The van der Waals surface area contributed by atoms with Crippen LogP contribution < -0.4 is 4.74 Å². The number of aliphatic imine (C=N–C) groups is 1. The Morgan fingerprint density at radius 2 is 1.84 bits per heavy atom. The van der Waals surface area contributed by atoms with Gasteiger partial charge >= 0.3 is 5.97 Å². The first-order valence-corrected chi connectivity index (χ1v) is 11.1. The number of esters is 1. The van der Waals surface area contributed by atoms with Gasteiger partial charge in [0.25, 0.3) is 0 Å². The molecule has 7 heteroatoms. The molecule has 1 fully saturated rings. The van der Waals surface area contributed by atoms with Gasteiger partial charge in [-0.2, -0.15) is 0 Å². The Hall–Kier alpha value is -3.06. The fraction of sp³-hybridized carbons (Fsp3) is 0.292. The van der Waals surface area contributed by atoms with Gasteiger partial charge in [0, 0.05) is 0 Å². The van der Waals surface area contributed by atoms with Crippen molar-refractivity contribution < 1.29 is 19.1 Å². The van der Waals surface area contributed by atoms with E-state index in [-0.39, 0.29) is 17.8 Å². The van der Waals surface area contributed by atoms with E-state index in [2.05, 4.69) is 4.99 Å². The van der Waals surface area contributed by atoms with Crippen LogP contribution in [0.25, 0.3) is 0 Å². The number of benzene rings is 2. The lowest BCUT2D eigenvalue weighted by molar-refractivity contribution is -0.141. The average molecular weight is 437 g/mol. The van der Waals surface area contributed by atoms with Crippen LogP contribution in [0.3, 0.4) is 0 Å². The lowest BCUT2D eigenvalue weighted by Gasteiger charge is -2.33. The highest BCUT2D eigenvalue weighted by atomic mass is 32.2. The van der Waals surface area contributed by atoms with Gasteiger partial charge in [-0.15, -0.1) is 0 Å². The summed E-state index contributed by atoms with van der Waals surface area (Å²) in [7, 11) is 0. The molecule has 2 heterocycles. The van der Waals surface area contributed by atoms with Gasteiger partial charge in [-0.05, 0) is 44.0 Å². The van der Waals surface area contributed by atoms with Crippen molar-refractivity contribution in [1.82, 2.24) is 4.90 Å². The summed E-state index contributed by atoms with van der Waals surface area (Å²) in [6.45, 7) is 6.29. The number of thioether (sulfide) groups is 1. The molecule has 31 heavy (non-hydrogen) atoms. The summed E-state index contributed by atoms with van der Waals surface area (Å²) < 4.78 is 11.2. The second-order valence-electron chi connectivity index (χ2n) is 7.33. The van der Waals surface area contributed by atoms with E-state index in [1.807, 2.05) is 68.4 Å². The molecule has 2 aliphatic heterocycles. The van der Waals surface area contributed by atoms with Crippen LogP contribution in [0.1, 0.15) is 37.9 Å². The monoisotopic (exact) mass is 436 g/mol. The third-order valence-corrected chi connectivity index (χ3v) is 6.25. The average Bonchev–Trinajstić information content (AvgIpc) is 3.05. The molecule has 160 valence electrons. The molecule has 2 aromatic carbocycles. The number of rotatable bonds is 6. The fourth-order valence-corrected chi connectivity index (χ4v) is 4.72. The number of hydrogen-bond donors (Lipinski definition) is 0. The molecule has 2 aromatic rings. The molecule has 0 aliphatic carbocycles. The van der Waals surface area contributed by atoms with E-state index < -0.39 is 12.0 Å². The van der Waals surface area contributed by atoms with Crippen LogP contribution in [0.2, 0.25) is 0 Å². The van der Waals surface area contributed by atoms with Crippen molar-refractivity contribution in [3.63, 3.8) is 0 Å². The smallest absolute Gasteiger partial charge is 0.338 e. The van der Waals surface area contributed by atoms with E-state index in [1.165, 1.54) is 11.8 Å². The van der Waals surface area contributed by atoms with Crippen LogP contribution in [0.4, 0.5) is 0 Å². The highest BCUT2D eigenvalue weighted by Gasteiger charge is 2.46. The number of nitrogens with zero attached hydrogens (tertiary/aromatic N) is 2. The van der Waals surface area contributed by atoms with Crippen molar-refractivity contribution >= 4 is 28.8 Å². The van der Waals surface area contributed by atoms with Gasteiger partial charge in [-0.1, -0.05) is 54.2 Å². The molecule has 0 saturated carbocycles. The molecule has 0 N–H and O–H groups in total. The quantitative estimate of drug-likeness (QED) is 0.625. The second kappa shape index (κ2) is 8.98. The third-order valence-electron chi connectivity index (χ3n) is 5.20. The van der Waals surface area contributed by atoms with E-state index >= 15 is 0 Å². The maximum Gasteiger partial charge on any atom is 0.338 e. The summed E-state index contributed by atoms with van der Waals surface area (Å²) in [6.07, 6.45) is 0. The number of allylic oxidation sites excluding steroid dienone is 1. The Morgan fingerprint density at radius 3 is 2.52 bits per heavy atom. The van der Waals surface area contributed by atoms with Gasteiger partial charge in [-0.3, -0.25) is 9.69 Å². The lowest BCUT2D eigenvalue weighted by Crippen LogP contribution is -2.40. The summed E-state index contributed by atoms with van der Waals surface area (Å²) in [5, 5.41) is 0.366. The Bertz CT molecular complexity index is 1050. The van der Waals surface area contributed by atoms with Crippen LogP contribution in [-0.2, 0) is 20.9 Å². The first-order valence-electron chi connectivity index (χ1n) is 10.2. The van der Waals surface area contributed by atoms with Gasteiger partial charge < -0.3 is 9.47 Å². The van der Waals surface area contributed by atoms with Crippen LogP contribution >= 0.6 is 11.8 Å². The Labute approximate surface area is 185 Å². The normalized spacial score (nSPS) is 20.4.